The van der Waals surface area contributed by atoms with Crippen molar-refractivity contribution in [2.24, 2.45) is 0 Å². The molecule has 0 amide bonds. The van der Waals surface area contributed by atoms with E-state index in [1.54, 1.807) is 12.1 Å². The number of carbonyl (C=O) groups is 1. The van der Waals surface area contributed by atoms with E-state index in [-0.39, 0.29) is 0 Å². The molecule has 0 aliphatic carbocycles. The molecular formula is C34H37NO5. The highest BCUT2D eigenvalue weighted by molar-refractivity contribution is 5.91. The van der Waals surface area contributed by atoms with Gasteiger partial charge in [-0.3, -0.25) is 0 Å². The summed E-state index contributed by atoms with van der Waals surface area (Å²) in [7, 11) is 0. The summed E-state index contributed by atoms with van der Waals surface area (Å²) in [5, 5.41) is 0. The van der Waals surface area contributed by atoms with Crippen LogP contribution in [0.25, 0.3) is 0 Å². The molecule has 208 valence electrons. The zero-order chi connectivity index (χ0) is 28.0. The molecule has 0 heterocycles. The van der Waals surface area contributed by atoms with Crippen molar-refractivity contribution in [1.29, 1.82) is 0 Å². The van der Waals surface area contributed by atoms with Gasteiger partial charge < -0.3 is 23.8 Å². The van der Waals surface area contributed by atoms with E-state index in [1.807, 2.05) is 91.0 Å². The summed E-state index contributed by atoms with van der Waals surface area (Å²) in [6, 6.07) is 33.0. The zero-order valence-electron chi connectivity index (χ0n) is 23.3. The monoisotopic (exact) mass is 539 g/mol. The number of nitrogens with zero attached hydrogens (tertiary/aromatic N) is 1. The van der Waals surface area contributed by atoms with Crippen molar-refractivity contribution in [2.75, 3.05) is 26.2 Å². The molecule has 0 bridgehead atoms. The molecule has 0 spiro atoms. The van der Waals surface area contributed by atoms with Crippen LogP contribution in [0.15, 0.2) is 103 Å². The van der Waals surface area contributed by atoms with Gasteiger partial charge in [0.1, 0.15) is 26.4 Å². The Morgan fingerprint density at radius 2 is 1.05 bits per heavy atom. The molecule has 0 radical (unpaired) electrons. The van der Waals surface area contributed by atoms with Crippen molar-refractivity contribution >= 4 is 5.97 Å². The molecule has 0 unspecified atom stereocenters. The van der Waals surface area contributed by atoms with Crippen LogP contribution < -0.4 is 14.2 Å². The third-order valence-corrected chi connectivity index (χ3v) is 6.49. The largest absolute Gasteiger partial charge is 0.485 e. The second-order valence-electron chi connectivity index (χ2n) is 9.29. The molecule has 0 fully saturated rings. The molecule has 40 heavy (non-hydrogen) atoms. The zero-order valence-corrected chi connectivity index (χ0v) is 23.3. The Kier molecular flexibility index (Phi) is 11.0. The second-order valence-corrected chi connectivity index (χ2v) is 9.29. The van der Waals surface area contributed by atoms with Gasteiger partial charge in [-0.1, -0.05) is 105 Å². The number of ether oxygens (including phenoxy) is 4. The first kappa shape index (κ1) is 28.7. The SMILES string of the molecule is CCN(CC)CCOC(=O)c1cc(OCc2ccccc2)c(OCc2ccccc2)c(OCc2ccccc2)c1. The molecule has 0 N–H and O–H groups in total. The van der Waals surface area contributed by atoms with E-state index in [0.29, 0.717) is 55.8 Å². The molecule has 4 aromatic carbocycles. The summed E-state index contributed by atoms with van der Waals surface area (Å²) < 4.78 is 24.4. The van der Waals surface area contributed by atoms with Crippen molar-refractivity contribution in [3.05, 3.63) is 125 Å². The van der Waals surface area contributed by atoms with Gasteiger partial charge in [-0.15, -0.1) is 0 Å². The fourth-order valence-electron chi connectivity index (χ4n) is 4.14. The van der Waals surface area contributed by atoms with E-state index >= 15 is 0 Å². The summed E-state index contributed by atoms with van der Waals surface area (Å²) in [6.45, 7) is 7.88. The predicted molar refractivity (Wildman–Crippen MR) is 157 cm³/mol. The van der Waals surface area contributed by atoms with Crippen molar-refractivity contribution in [3.63, 3.8) is 0 Å². The van der Waals surface area contributed by atoms with E-state index in [4.69, 9.17) is 18.9 Å². The molecule has 6 heteroatoms. The quantitative estimate of drug-likeness (QED) is 0.153. The fourth-order valence-corrected chi connectivity index (χ4v) is 4.14. The molecule has 0 aromatic heterocycles. The summed E-state index contributed by atoms with van der Waals surface area (Å²) in [5.74, 6) is 0.841. The number of hydrogen-bond acceptors (Lipinski definition) is 6. The molecule has 6 nitrogen and oxygen atoms in total. The first-order valence-corrected chi connectivity index (χ1v) is 13.7. The standard InChI is InChI=1S/C34H37NO5/c1-3-35(4-2)20-21-37-34(36)30-22-31(38-24-27-14-8-5-9-15-27)33(40-26-29-18-12-7-13-19-29)32(23-30)39-25-28-16-10-6-11-17-28/h5-19,22-23H,3-4,20-21,24-26H2,1-2H3. The van der Waals surface area contributed by atoms with Crippen LogP contribution in [0.3, 0.4) is 0 Å². The second kappa shape index (κ2) is 15.3. The minimum atomic E-state index is -0.434. The average Bonchev–Trinajstić information content (AvgIpc) is 3.01. The smallest absolute Gasteiger partial charge is 0.338 e. The Hall–Kier alpha value is -4.29. The van der Waals surface area contributed by atoms with E-state index in [1.165, 1.54) is 0 Å². The lowest BCUT2D eigenvalue weighted by Gasteiger charge is -2.20. The third-order valence-electron chi connectivity index (χ3n) is 6.49. The van der Waals surface area contributed by atoms with Crippen LogP contribution in [0, 0.1) is 0 Å². The number of likely N-dealkylation sites (N-methyl/N-ethyl adjacent to an activating group) is 1. The topological polar surface area (TPSA) is 57.2 Å². The molecule has 4 aromatic rings. The van der Waals surface area contributed by atoms with Crippen LogP contribution in [0.1, 0.15) is 40.9 Å². The van der Waals surface area contributed by atoms with Gasteiger partial charge >= 0.3 is 5.97 Å². The number of rotatable bonds is 15. The van der Waals surface area contributed by atoms with Gasteiger partial charge in [-0.05, 0) is 41.9 Å². The average molecular weight is 540 g/mol. The molecule has 4 rings (SSSR count). The maximum atomic E-state index is 13.2. The van der Waals surface area contributed by atoms with E-state index < -0.39 is 5.97 Å². The Bertz CT molecular complexity index is 1240. The van der Waals surface area contributed by atoms with Crippen LogP contribution in [0.2, 0.25) is 0 Å². The lowest BCUT2D eigenvalue weighted by Crippen LogP contribution is -2.27. The highest BCUT2D eigenvalue weighted by Gasteiger charge is 2.21. The summed E-state index contributed by atoms with van der Waals surface area (Å²) >= 11 is 0. The maximum absolute atomic E-state index is 13.2. The number of esters is 1. The Labute approximate surface area is 237 Å². The van der Waals surface area contributed by atoms with Gasteiger partial charge in [-0.2, -0.15) is 0 Å². The van der Waals surface area contributed by atoms with Gasteiger partial charge in [-0.25, -0.2) is 4.79 Å². The van der Waals surface area contributed by atoms with E-state index in [0.717, 1.165) is 29.8 Å². The number of hydrogen-bond donors (Lipinski definition) is 0. The fraction of sp³-hybridized carbons (Fsp3) is 0.265. The van der Waals surface area contributed by atoms with Gasteiger partial charge in [0.2, 0.25) is 5.75 Å². The van der Waals surface area contributed by atoms with Gasteiger partial charge in [0.05, 0.1) is 5.56 Å². The van der Waals surface area contributed by atoms with Crippen LogP contribution in [-0.4, -0.2) is 37.1 Å². The summed E-state index contributed by atoms with van der Waals surface area (Å²) in [4.78, 5) is 15.4. The van der Waals surface area contributed by atoms with Crippen LogP contribution in [0.4, 0.5) is 0 Å². The van der Waals surface area contributed by atoms with Crippen LogP contribution >= 0.6 is 0 Å². The van der Waals surface area contributed by atoms with Crippen LogP contribution in [0.5, 0.6) is 17.2 Å². The van der Waals surface area contributed by atoms with E-state index in [9.17, 15) is 4.79 Å². The van der Waals surface area contributed by atoms with Gasteiger partial charge in [0.15, 0.2) is 11.5 Å². The van der Waals surface area contributed by atoms with Crippen molar-refractivity contribution in [2.45, 2.75) is 33.7 Å². The van der Waals surface area contributed by atoms with Gasteiger partial charge in [0.25, 0.3) is 0 Å². The minimum Gasteiger partial charge on any atom is -0.485 e. The van der Waals surface area contributed by atoms with E-state index in [2.05, 4.69) is 18.7 Å². The highest BCUT2D eigenvalue weighted by Crippen LogP contribution is 2.40. The molecule has 0 aliphatic heterocycles. The minimum absolute atomic E-state index is 0.299. The summed E-state index contributed by atoms with van der Waals surface area (Å²) in [5.41, 5.74) is 3.34. The normalized spacial score (nSPS) is 10.8. The van der Waals surface area contributed by atoms with Crippen molar-refractivity contribution in [3.8, 4) is 17.2 Å². The first-order valence-electron chi connectivity index (χ1n) is 13.7. The maximum Gasteiger partial charge on any atom is 0.338 e. The van der Waals surface area contributed by atoms with Crippen LogP contribution in [-0.2, 0) is 24.6 Å². The third kappa shape index (κ3) is 8.61. The summed E-state index contributed by atoms with van der Waals surface area (Å²) in [6.07, 6.45) is 0. The van der Waals surface area contributed by atoms with Gasteiger partial charge in [0, 0.05) is 6.54 Å². The molecule has 0 atom stereocenters. The predicted octanol–water partition coefficient (Wildman–Crippen LogP) is 6.92. The first-order chi connectivity index (χ1) is 19.7. The molecule has 0 saturated carbocycles. The lowest BCUT2D eigenvalue weighted by molar-refractivity contribution is 0.0465. The highest BCUT2D eigenvalue weighted by atomic mass is 16.5. The molecule has 0 aliphatic rings. The molecule has 0 saturated heterocycles. The lowest BCUT2D eigenvalue weighted by atomic mass is 10.1. The van der Waals surface area contributed by atoms with Crippen molar-refractivity contribution in [1.82, 2.24) is 4.90 Å². The molecular weight excluding hydrogens is 502 g/mol. The Morgan fingerprint density at radius 3 is 1.48 bits per heavy atom. The Morgan fingerprint density at radius 1 is 0.625 bits per heavy atom. The number of benzene rings is 4. The number of carbonyl (C=O) groups excluding carboxylic acids is 1. The Balaban J connectivity index is 1.63. The van der Waals surface area contributed by atoms with Crippen molar-refractivity contribution < 1.29 is 23.7 Å².